The summed E-state index contributed by atoms with van der Waals surface area (Å²) in [5, 5.41) is 15.5. The monoisotopic (exact) mass is 270 g/mol. The van der Waals surface area contributed by atoms with Crippen molar-refractivity contribution in [1.82, 2.24) is 10.6 Å². The van der Waals surface area contributed by atoms with Gasteiger partial charge in [0, 0.05) is 31.1 Å². The maximum atomic E-state index is 13.4. The van der Waals surface area contributed by atoms with Gasteiger partial charge in [-0.15, -0.1) is 0 Å². The fourth-order valence-corrected chi connectivity index (χ4v) is 2.10. The van der Waals surface area contributed by atoms with E-state index in [-0.39, 0.29) is 24.1 Å². The zero-order valence-corrected chi connectivity index (χ0v) is 10.3. The molecule has 104 valence electrons. The van der Waals surface area contributed by atoms with Crippen LogP contribution in [-0.2, 0) is 4.79 Å². The van der Waals surface area contributed by atoms with E-state index < -0.39 is 17.7 Å². The number of rotatable bonds is 5. The Balaban J connectivity index is 1.82. The highest BCUT2D eigenvalue weighted by molar-refractivity contribution is 5.78. The zero-order chi connectivity index (χ0) is 13.8. The number of aliphatic hydroxyl groups excluding tert-OH is 1. The normalized spacial score (nSPS) is 20.4. The van der Waals surface area contributed by atoms with E-state index in [1.54, 1.807) is 0 Å². The van der Waals surface area contributed by atoms with Crippen LogP contribution in [-0.4, -0.2) is 30.1 Å². The molecule has 0 bridgehead atoms. The third kappa shape index (κ3) is 3.71. The van der Waals surface area contributed by atoms with Crippen LogP contribution in [0, 0.1) is 11.6 Å². The average Bonchev–Trinajstić information content (AvgIpc) is 2.78. The minimum absolute atomic E-state index is 0.0172. The number of aliphatic hydroxyl groups is 1. The second-order valence-electron chi connectivity index (χ2n) is 4.64. The third-order valence-electron chi connectivity index (χ3n) is 3.13. The van der Waals surface area contributed by atoms with Crippen molar-refractivity contribution in [3.8, 4) is 0 Å². The lowest BCUT2D eigenvalue weighted by molar-refractivity contribution is -0.119. The van der Waals surface area contributed by atoms with Gasteiger partial charge in [0.15, 0.2) is 0 Å². The van der Waals surface area contributed by atoms with Crippen molar-refractivity contribution in [2.45, 2.75) is 25.0 Å². The molecule has 0 aliphatic carbocycles. The number of carbonyl (C=O) groups excluding carboxylic acids is 1. The van der Waals surface area contributed by atoms with Gasteiger partial charge in [-0.25, -0.2) is 8.78 Å². The molecule has 4 nitrogen and oxygen atoms in total. The van der Waals surface area contributed by atoms with Gasteiger partial charge < -0.3 is 15.7 Å². The summed E-state index contributed by atoms with van der Waals surface area (Å²) in [6, 6.07) is 3.02. The molecule has 19 heavy (non-hydrogen) atoms. The maximum absolute atomic E-state index is 13.4. The van der Waals surface area contributed by atoms with Gasteiger partial charge in [0.1, 0.15) is 11.6 Å². The van der Waals surface area contributed by atoms with Gasteiger partial charge in [-0.2, -0.15) is 0 Å². The first kappa shape index (κ1) is 13.9. The predicted molar refractivity (Wildman–Crippen MR) is 65.4 cm³/mol. The van der Waals surface area contributed by atoms with Crippen LogP contribution >= 0.6 is 0 Å². The number of halogens is 2. The van der Waals surface area contributed by atoms with Gasteiger partial charge in [-0.3, -0.25) is 4.79 Å². The Morgan fingerprint density at radius 1 is 1.47 bits per heavy atom. The zero-order valence-electron chi connectivity index (χ0n) is 10.3. The Morgan fingerprint density at radius 2 is 2.26 bits per heavy atom. The number of carbonyl (C=O) groups is 1. The van der Waals surface area contributed by atoms with Gasteiger partial charge >= 0.3 is 0 Å². The average molecular weight is 270 g/mol. The molecule has 1 aliphatic heterocycles. The van der Waals surface area contributed by atoms with Crippen LogP contribution in [0.2, 0.25) is 0 Å². The van der Waals surface area contributed by atoms with Crippen LogP contribution in [0.25, 0.3) is 0 Å². The molecule has 1 saturated heterocycles. The van der Waals surface area contributed by atoms with Crippen LogP contribution in [0.5, 0.6) is 0 Å². The smallest absolute Gasteiger partial charge is 0.220 e. The molecule has 0 radical (unpaired) electrons. The molecule has 1 aromatic rings. The fourth-order valence-electron chi connectivity index (χ4n) is 2.10. The molecule has 1 aromatic carbocycles. The molecule has 2 unspecified atom stereocenters. The van der Waals surface area contributed by atoms with Crippen molar-refractivity contribution >= 4 is 5.91 Å². The van der Waals surface area contributed by atoms with Gasteiger partial charge in [0.2, 0.25) is 5.91 Å². The summed E-state index contributed by atoms with van der Waals surface area (Å²) in [7, 11) is 0. The Labute approximate surface area is 109 Å². The van der Waals surface area contributed by atoms with E-state index in [1.165, 1.54) is 0 Å². The van der Waals surface area contributed by atoms with E-state index in [1.807, 2.05) is 0 Å². The van der Waals surface area contributed by atoms with Gasteiger partial charge in [0.05, 0.1) is 6.10 Å². The Bertz CT molecular complexity index is 468. The molecule has 0 saturated carbocycles. The van der Waals surface area contributed by atoms with E-state index >= 15 is 0 Å². The lowest BCUT2D eigenvalue weighted by atomic mass is 10.1. The fraction of sp³-hybridized carbons (Fsp3) is 0.462. The number of nitrogens with one attached hydrogen (secondary N) is 2. The lowest BCUT2D eigenvalue weighted by Crippen LogP contribution is -2.37. The molecular weight excluding hydrogens is 254 g/mol. The minimum atomic E-state index is -1.12. The second-order valence-corrected chi connectivity index (χ2v) is 4.64. The summed E-state index contributed by atoms with van der Waals surface area (Å²) in [4.78, 5) is 11.0. The first-order valence-corrected chi connectivity index (χ1v) is 6.19. The molecule has 1 fully saturated rings. The Kier molecular flexibility index (Phi) is 4.44. The van der Waals surface area contributed by atoms with Crippen LogP contribution in [0.15, 0.2) is 18.2 Å². The highest BCUT2D eigenvalue weighted by Gasteiger charge is 2.20. The van der Waals surface area contributed by atoms with E-state index in [4.69, 9.17) is 0 Å². The van der Waals surface area contributed by atoms with Crippen LogP contribution in [0.3, 0.4) is 0 Å². The Morgan fingerprint density at radius 3 is 2.95 bits per heavy atom. The van der Waals surface area contributed by atoms with Crippen molar-refractivity contribution in [1.29, 1.82) is 0 Å². The third-order valence-corrected chi connectivity index (χ3v) is 3.13. The lowest BCUT2D eigenvalue weighted by Gasteiger charge is -2.15. The molecule has 0 spiro atoms. The minimum Gasteiger partial charge on any atom is -0.387 e. The maximum Gasteiger partial charge on any atom is 0.220 e. The summed E-state index contributed by atoms with van der Waals surface area (Å²) in [5.74, 6) is -1.20. The molecule has 2 rings (SSSR count). The first-order chi connectivity index (χ1) is 9.06. The van der Waals surface area contributed by atoms with E-state index in [0.29, 0.717) is 13.0 Å². The SMILES string of the molecule is O=C1CCC(CNCC(O)c2cc(F)ccc2F)N1. The van der Waals surface area contributed by atoms with Crippen molar-refractivity contribution in [2.24, 2.45) is 0 Å². The Hall–Kier alpha value is -1.53. The number of hydrogen-bond acceptors (Lipinski definition) is 3. The number of benzene rings is 1. The highest BCUT2D eigenvalue weighted by Crippen LogP contribution is 2.17. The molecular formula is C13H16F2N2O2. The summed E-state index contributed by atoms with van der Waals surface area (Å²) in [6.45, 7) is 0.604. The van der Waals surface area contributed by atoms with Crippen LogP contribution < -0.4 is 10.6 Å². The van der Waals surface area contributed by atoms with Gasteiger partial charge in [0.25, 0.3) is 0 Å². The summed E-state index contributed by atoms with van der Waals surface area (Å²) >= 11 is 0. The largest absolute Gasteiger partial charge is 0.387 e. The molecule has 2 atom stereocenters. The van der Waals surface area contributed by atoms with Crippen molar-refractivity contribution < 1.29 is 18.7 Å². The van der Waals surface area contributed by atoms with Crippen molar-refractivity contribution in [3.05, 3.63) is 35.4 Å². The van der Waals surface area contributed by atoms with Gasteiger partial charge in [-0.1, -0.05) is 0 Å². The van der Waals surface area contributed by atoms with Gasteiger partial charge in [-0.05, 0) is 24.6 Å². The second kappa shape index (κ2) is 6.08. The predicted octanol–water partition coefficient (Wildman–Crippen LogP) is 0.866. The molecule has 0 aromatic heterocycles. The van der Waals surface area contributed by atoms with E-state index in [9.17, 15) is 18.7 Å². The van der Waals surface area contributed by atoms with Crippen LogP contribution in [0.1, 0.15) is 24.5 Å². The molecule has 3 N–H and O–H groups in total. The summed E-state index contributed by atoms with van der Waals surface area (Å²) in [5.41, 5.74) is -0.0667. The summed E-state index contributed by atoms with van der Waals surface area (Å²) < 4.78 is 26.4. The quantitative estimate of drug-likeness (QED) is 0.744. The molecule has 1 heterocycles. The van der Waals surface area contributed by atoms with E-state index in [0.717, 1.165) is 24.6 Å². The standard InChI is InChI=1S/C13H16F2N2O2/c14-8-1-3-11(15)10(5-8)12(18)7-16-6-9-2-4-13(19)17-9/h1,3,5,9,12,16,18H,2,4,6-7H2,(H,17,19). The number of hydrogen-bond donors (Lipinski definition) is 3. The molecule has 1 amide bonds. The first-order valence-electron chi connectivity index (χ1n) is 6.19. The highest BCUT2D eigenvalue weighted by atomic mass is 19.1. The van der Waals surface area contributed by atoms with Crippen molar-refractivity contribution in [2.75, 3.05) is 13.1 Å². The molecule has 6 heteroatoms. The molecule has 1 aliphatic rings. The number of amides is 1. The topological polar surface area (TPSA) is 61.4 Å². The van der Waals surface area contributed by atoms with Crippen LogP contribution in [0.4, 0.5) is 8.78 Å². The van der Waals surface area contributed by atoms with Crippen molar-refractivity contribution in [3.63, 3.8) is 0 Å². The summed E-state index contributed by atoms with van der Waals surface area (Å²) in [6.07, 6.45) is 0.136. The van der Waals surface area contributed by atoms with E-state index in [2.05, 4.69) is 10.6 Å².